The number of likely N-dealkylation sites (tertiary alicyclic amines) is 1. The van der Waals surface area contributed by atoms with Crippen molar-refractivity contribution in [3.63, 3.8) is 0 Å². The normalized spacial score (nSPS) is 19.1. The topological polar surface area (TPSA) is 189 Å². The van der Waals surface area contributed by atoms with Gasteiger partial charge in [-0.1, -0.05) is 34.1 Å². The fourth-order valence-corrected chi connectivity index (χ4v) is 5.42. The Kier molecular flexibility index (Phi) is 12.2. The van der Waals surface area contributed by atoms with Gasteiger partial charge in [0.15, 0.2) is 11.6 Å². The van der Waals surface area contributed by atoms with Crippen molar-refractivity contribution in [2.24, 2.45) is 5.41 Å². The molecule has 270 valence electrons. The third-order valence-corrected chi connectivity index (χ3v) is 8.33. The number of hydrogen-bond donors (Lipinski definition) is 4. The van der Waals surface area contributed by atoms with Gasteiger partial charge in [0.2, 0.25) is 23.5 Å². The molecule has 1 aromatic heterocycles. The lowest BCUT2D eigenvalue weighted by Crippen LogP contribution is -2.60. The molecule has 50 heavy (non-hydrogen) atoms. The first-order valence-electron chi connectivity index (χ1n) is 16.5. The number of nitrogens with one attached hydrogen (secondary N) is 4. The van der Waals surface area contributed by atoms with Crippen LogP contribution < -0.4 is 26.0 Å². The summed E-state index contributed by atoms with van der Waals surface area (Å²) in [6.07, 6.45) is 5.12. The number of aromatic nitrogens is 2. The van der Waals surface area contributed by atoms with Gasteiger partial charge in [-0.15, -0.1) is 0 Å². The van der Waals surface area contributed by atoms with Crippen molar-refractivity contribution >= 4 is 35.3 Å². The molecule has 1 aliphatic heterocycles. The summed E-state index contributed by atoms with van der Waals surface area (Å²) >= 11 is 0. The summed E-state index contributed by atoms with van der Waals surface area (Å²) in [7, 11) is 0. The number of carbonyl (C=O) groups is 6. The minimum absolute atomic E-state index is 0.0153. The van der Waals surface area contributed by atoms with Crippen molar-refractivity contribution in [3.8, 4) is 5.75 Å². The molecule has 2 heterocycles. The number of amides is 5. The molecule has 1 saturated carbocycles. The summed E-state index contributed by atoms with van der Waals surface area (Å²) in [6, 6.07) is -1.85. The fourth-order valence-electron chi connectivity index (χ4n) is 5.42. The molecular formula is C34H43F2N7O7. The molecule has 16 heteroatoms. The van der Waals surface area contributed by atoms with Gasteiger partial charge in [-0.2, -0.15) is 0 Å². The monoisotopic (exact) mass is 699 g/mol. The first-order chi connectivity index (χ1) is 23.6. The number of benzene rings is 1. The molecule has 5 atom stereocenters. The molecule has 1 unspecified atom stereocenters. The Morgan fingerprint density at radius 2 is 1.74 bits per heavy atom. The van der Waals surface area contributed by atoms with E-state index in [0.29, 0.717) is 6.42 Å². The van der Waals surface area contributed by atoms with E-state index >= 15 is 0 Å². The van der Waals surface area contributed by atoms with Gasteiger partial charge in [-0.05, 0) is 43.7 Å². The van der Waals surface area contributed by atoms with Crippen LogP contribution in [0.4, 0.5) is 8.78 Å². The number of nitrogens with zero attached hydrogens (tertiary/aromatic N) is 3. The smallest absolute Gasteiger partial charge is 0.289 e. The van der Waals surface area contributed by atoms with E-state index in [0.717, 1.165) is 25.0 Å². The number of hydrogen-bond acceptors (Lipinski definition) is 9. The zero-order chi connectivity index (χ0) is 36.7. The lowest BCUT2D eigenvalue weighted by molar-refractivity contribution is -0.145. The van der Waals surface area contributed by atoms with Crippen molar-refractivity contribution < 1.29 is 42.3 Å². The predicted octanol–water partition coefficient (Wildman–Crippen LogP) is 1.59. The van der Waals surface area contributed by atoms with Gasteiger partial charge in [-0.3, -0.25) is 33.8 Å². The average Bonchev–Trinajstić information content (AvgIpc) is 3.79. The van der Waals surface area contributed by atoms with Crippen molar-refractivity contribution in [2.75, 3.05) is 6.54 Å². The van der Waals surface area contributed by atoms with Crippen LogP contribution in [0, 0.1) is 17.0 Å². The van der Waals surface area contributed by atoms with E-state index in [1.807, 2.05) is 0 Å². The Morgan fingerprint density at radius 3 is 2.34 bits per heavy atom. The van der Waals surface area contributed by atoms with Crippen LogP contribution in [0.5, 0.6) is 5.75 Å². The van der Waals surface area contributed by atoms with Gasteiger partial charge in [0.1, 0.15) is 35.7 Å². The molecular weight excluding hydrogens is 656 g/mol. The molecule has 4 N–H and O–H groups in total. The highest BCUT2D eigenvalue weighted by Gasteiger charge is 2.47. The Balaban J connectivity index is 1.56. The predicted molar refractivity (Wildman–Crippen MR) is 174 cm³/mol. The maximum atomic E-state index is 14.3. The highest BCUT2D eigenvalue weighted by Crippen LogP contribution is 2.29. The quantitative estimate of drug-likeness (QED) is 0.212. The molecule has 0 bridgehead atoms. The van der Waals surface area contributed by atoms with Crippen LogP contribution in [-0.2, 0) is 24.0 Å². The molecule has 14 nitrogen and oxygen atoms in total. The van der Waals surface area contributed by atoms with E-state index in [4.69, 9.17) is 4.74 Å². The van der Waals surface area contributed by atoms with E-state index in [2.05, 4.69) is 31.2 Å². The minimum atomic E-state index is -1.23. The van der Waals surface area contributed by atoms with Crippen LogP contribution in [0.25, 0.3) is 0 Å². The number of rotatable bonds is 14. The number of Topliss-reactive ketones (excluding diaryl/α,β-unsaturated/α-hetero) is 1. The summed E-state index contributed by atoms with van der Waals surface area (Å²) in [4.78, 5) is 88.7. The highest BCUT2D eigenvalue weighted by atomic mass is 19.2. The summed E-state index contributed by atoms with van der Waals surface area (Å²) in [5.74, 6) is -6.63. The zero-order valence-corrected chi connectivity index (χ0v) is 28.6. The minimum Gasteiger partial charge on any atom is -0.488 e. The van der Waals surface area contributed by atoms with Gasteiger partial charge in [0.25, 0.3) is 11.8 Å². The van der Waals surface area contributed by atoms with Gasteiger partial charge in [0.05, 0.1) is 18.8 Å². The van der Waals surface area contributed by atoms with Crippen LogP contribution in [0.15, 0.2) is 36.8 Å². The lowest BCUT2D eigenvalue weighted by Gasteiger charge is -2.36. The molecule has 2 fully saturated rings. The average molecular weight is 700 g/mol. The number of ether oxygens (including phenoxy) is 1. The summed E-state index contributed by atoms with van der Waals surface area (Å²) < 4.78 is 33.4. The molecule has 2 aliphatic rings. The SMILES string of the molecule is CCC[C@H](NC(=O)[C@@H]1C[C@@H](Oc2ccc(F)c(F)c2)CN1C(=O)[C@@H](NC(=O)C(C)NC(=O)c1cnccn1)C(C)(C)C)C(=O)C(=O)NC1CC1. The second-order valence-electron chi connectivity index (χ2n) is 13.6. The maximum absolute atomic E-state index is 14.3. The first kappa shape index (κ1) is 37.8. The molecule has 2 aromatic rings. The van der Waals surface area contributed by atoms with Crippen LogP contribution in [0.1, 0.15) is 77.2 Å². The Hall–Kier alpha value is -5.02. The van der Waals surface area contributed by atoms with Crippen LogP contribution >= 0.6 is 0 Å². The second kappa shape index (κ2) is 16.1. The van der Waals surface area contributed by atoms with Gasteiger partial charge >= 0.3 is 0 Å². The van der Waals surface area contributed by atoms with Crippen LogP contribution in [-0.4, -0.2) is 93.0 Å². The molecule has 0 spiro atoms. The Labute approximate surface area is 288 Å². The van der Waals surface area contributed by atoms with Gasteiger partial charge in [0, 0.05) is 30.9 Å². The largest absolute Gasteiger partial charge is 0.488 e. The maximum Gasteiger partial charge on any atom is 0.289 e. The van der Waals surface area contributed by atoms with Crippen molar-refractivity contribution in [2.45, 2.75) is 103 Å². The standard InChI is InChI=1S/C34H43F2N7O7/c1-6-7-24(27(44)32(48)40-19-8-9-19)41-31(47)26-15-21(50-20-10-11-22(35)23(36)14-20)17-43(26)33(49)28(34(3,4)5)42-29(45)18(2)39-30(46)25-16-37-12-13-38-25/h10-14,16,18-19,21,24,26,28H,6-9,15,17H2,1-5H3,(H,39,46)(H,40,48)(H,41,47)(H,42,45)/t18?,21-,24+,26+,28-/m1/s1. The van der Waals surface area contributed by atoms with Gasteiger partial charge < -0.3 is 30.9 Å². The van der Waals surface area contributed by atoms with Crippen LogP contribution in [0.3, 0.4) is 0 Å². The summed E-state index contributed by atoms with van der Waals surface area (Å²) in [6.45, 7) is 8.13. The van der Waals surface area contributed by atoms with E-state index in [1.54, 1.807) is 27.7 Å². The fraction of sp³-hybridized carbons (Fsp3) is 0.529. The van der Waals surface area contributed by atoms with Crippen molar-refractivity contribution in [1.29, 1.82) is 0 Å². The van der Waals surface area contributed by atoms with Crippen molar-refractivity contribution in [1.82, 2.24) is 36.1 Å². The van der Waals surface area contributed by atoms with E-state index < -0.39 is 82.6 Å². The molecule has 0 radical (unpaired) electrons. The second-order valence-corrected chi connectivity index (χ2v) is 13.6. The zero-order valence-electron chi connectivity index (χ0n) is 28.6. The van der Waals surface area contributed by atoms with E-state index in [-0.39, 0.29) is 36.9 Å². The number of carbonyl (C=O) groups excluding carboxylic acids is 6. The Bertz CT molecular complexity index is 1600. The van der Waals surface area contributed by atoms with Crippen LogP contribution in [0.2, 0.25) is 0 Å². The molecule has 1 aromatic carbocycles. The molecule has 1 saturated heterocycles. The molecule has 1 aliphatic carbocycles. The number of halogens is 2. The Morgan fingerprint density at radius 1 is 1.02 bits per heavy atom. The van der Waals surface area contributed by atoms with Gasteiger partial charge in [-0.25, -0.2) is 13.8 Å². The van der Waals surface area contributed by atoms with Crippen molar-refractivity contribution in [3.05, 3.63) is 54.1 Å². The number of ketones is 1. The molecule has 4 rings (SSSR count). The highest BCUT2D eigenvalue weighted by molar-refractivity contribution is 6.38. The van der Waals surface area contributed by atoms with E-state index in [9.17, 15) is 37.5 Å². The first-order valence-corrected chi connectivity index (χ1v) is 16.5. The lowest BCUT2D eigenvalue weighted by atomic mass is 9.85. The third-order valence-electron chi connectivity index (χ3n) is 8.33. The molecule has 5 amide bonds. The van der Waals surface area contributed by atoms with E-state index in [1.165, 1.54) is 36.5 Å². The third kappa shape index (κ3) is 9.79. The summed E-state index contributed by atoms with van der Waals surface area (Å²) in [5, 5.41) is 10.5. The summed E-state index contributed by atoms with van der Waals surface area (Å²) in [5.41, 5.74) is -0.929.